The van der Waals surface area contributed by atoms with E-state index < -0.39 is 0 Å². The van der Waals surface area contributed by atoms with Crippen LogP contribution < -0.4 is 14.8 Å². The quantitative estimate of drug-likeness (QED) is 0.524. The Bertz CT molecular complexity index is 1310. The minimum Gasteiger partial charge on any atom is -0.493 e. The zero-order valence-corrected chi connectivity index (χ0v) is 16.5. The van der Waals surface area contributed by atoms with Crippen LogP contribution in [0.4, 0.5) is 10.2 Å². The number of ether oxygens (including phenoxy) is 2. The standard InChI is InChI=1S/C21H19FN6O2/c1-11-14(7-25-27(11)2)13-5-18-21(28-10-24-26-20(13)28)23-6-15-16(22)3-4-17-19(15)12(8-29-17)9-30-18/h3-5,7,10,12,23H,6,8-9H2,1-2H3/t12-/m0/s1. The number of rotatable bonds is 1. The number of benzene rings is 1. The molecule has 0 aliphatic carbocycles. The van der Waals surface area contributed by atoms with Gasteiger partial charge in [-0.2, -0.15) is 5.10 Å². The number of halogens is 1. The molecule has 6 rings (SSSR count). The Morgan fingerprint density at radius 1 is 1.17 bits per heavy atom. The SMILES string of the molecule is Cc1c(-c2cc3c(n4cnnc24)NCc2c(F)ccc4c2[C@@H](CO4)CO3)cnn1C. The van der Waals surface area contributed by atoms with Gasteiger partial charge in [0.05, 0.1) is 25.3 Å². The number of hydrogen-bond acceptors (Lipinski definition) is 6. The van der Waals surface area contributed by atoms with Gasteiger partial charge >= 0.3 is 0 Å². The molecule has 1 aromatic carbocycles. The second kappa shape index (κ2) is 6.19. The van der Waals surface area contributed by atoms with Gasteiger partial charge in [0, 0.05) is 41.5 Å². The highest BCUT2D eigenvalue weighted by atomic mass is 19.1. The molecule has 5 heterocycles. The summed E-state index contributed by atoms with van der Waals surface area (Å²) >= 11 is 0. The predicted octanol–water partition coefficient (Wildman–Crippen LogP) is 3.06. The van der Waals surface area contributed by atoms with Gasteiger partial charge in [-0.1, -0.05) is 0 Å². The summed E-state index contributed by atoms with van der Waals surface area (Å²) in [6.45, 7) is 3.18. The van der Waals surface area contributed by atoms with Crippen LogP contribution in [0.5, 0.6) is 11.5 Å². The van der Waals surface area contributed by atoms with Crippen molar-refractivity contribution < 1.29 is 13.9 Å². The molecule has 8 nitrogen and oxygen atoms in total. The molecule has 2 aliphatic heterocycles. The average molecular weight is 406 g/mol. The molecule has 9 heteroatoms. The van der Waals surface area contributed by atoms with Crippen LogP contribution in [0.2, 0.25) is 0 Å². The fourth-order valence-electron chi connectivity index (χ4n) is 4.35. The molecule has 0 radical (unpaired) electrons. The predicted molar refractivity (Wildman–Crippen MR) is 107 cm³/mol. The smallest absolute Gasteiger partial charge is 0.170 e. The van der Waals surface area contributed by atoms with E-state index in [1.165, 1.54) is 6.07 Å². The minimum absolute atomic E-state index is 0.0290. The summed E-state index contributed by atoms with van der Waals surface area (Å²) in [4.78, 5) is 0. The molecule has 2 aliphatic rings. The number of fused-ring (bicyclic) bond motifs is 3. The number of pyridine rings is 1. The third-order valence-corrected chi connectivity index (χ3v) is 6.04. The number of hydrogen-bond donors (Lipinski definition) is 1. The summed E-state index contributed by atoms with van der Waals surface area (Å²) in [7, 11) is 1.90. The van der Waals surface area contributed by atoms with Crippen molar-refractivity contribution in [1.82, 2.24) is 24.4 Å². The van der Waals surface area contributed by atoms with Crippen LogP contribution in [0.1, 0.15) is 22.7 Å². The summed E-state index contributed by atoms with van der Waals surface area (Å²) in [6, 6.07) is 5.11. The Labute approximate surface area is 171 Å². The first-order valence-corrected chi connectivity index (χ1v) is 9.78. The van der Waals surface area contributed by atoms with E-state index in [4.69, 9.17) is 9.47 Å². The van der Waals surface area contributed by atoms with E-state index in [0.29, 0.717) is 42.5 Å². The highest BCUT2D eigenvalue weighted by molar-refractivity contribution is 5.82. The first kappa shape index (κ1) is 17.3. The van der Waals surface area contributed by atoms with E-state index in [-0.39, 0.29) is 11.7 Å². The number of aromatic nitrogens is 5. The zero-order chi connectivity index (χ0) is 20.4. The summed E-state index contributed by atoms with van der Waals surface area (Å²) in [5, 5.41) is 16.1. The number of nitrogens with one attached hydrogen (secondary N) is 1. The van der Waals surface area contributed by atoms with Gasteiger partial charge in [0.2, 0.25) is 0 Å². The molecule has 0 unspecified atom stereocenters. The molecule has 1 N–H and O–H groups in total. The lowest BCUT2D eigenvalue weighted by Gasteiger charge is -2.16. The van der Waals surface area contributed by atoms with Crippen LogP contribution in [-0.2, 0) is 13.6 Å². The van der Waals surface area contributed by atoms with E-state index >= 15 is 0 Å². The van der Waals surface area contributed by atoms with Gasteiger partial charge in [-0.05, 0) is 25.1 Å². The van der Waals surface area contributed by atoms with Crippen LogP contribution in [-0.4, -0.2) is 37.6 Å². The lowest BCUT2D eigenvalue weighted by atomic mass is 9.96. The van der Waals surface area contributed by atoms with Gasteiger partial charge in [-0.3, -0.25) is 9.08 Å². The van der Waals surface area contributed by atoms with Gasteiger partial charge < -0.3 is 14.8 Å². The highest BCUT2D eigenvalue weighted by Crippen LogP contribution is 2.42. The van der Waals surface area contributed by atoms with E-state index in [1.807, 2.05) is 35.3 Å². The van der Waals surface area contributed by atoms with Crippen LogP contribution in [0.15, 0.2) is 30.7 Å². The molecular formula is C21H19FN6O2. The van der Waals surface area contributed by atoms with Crippen molar-refractivity contribution in [1.29, 1.82) is 0 Å². The number of nitrogens with zero attached hydrogens (tertiary/aromatic N) is 5. The van der Waals surface area contributed by atoms with Crippen molar-refractivity contribution in [2.24, 2.45) is 7.05 Å². The molecule has 0 saturated carbocycles. The fraction of sp³-hybridized carbons (Fsp3) is 0.286. The molecule has 0 saturated heterocycles. The fourth-order valence-corrected chi connectivity index (χ4v) is 4.35. The van der Waals surface area contributed by atoms with E-state index in [0.717, 1.165) is 28.1 Å². The second-order valence-corrected chi connectivity index (χ2v) is 7.67. The summed E-state index contributed by atoms with van der Waals surface area (Å²) in [5.74, 6) is 1.80. The van der Waals surface area contributed by atoms with Gasteiger partial charge in [0.25, 0.3) is 0 Å². The Balaban J connectivity index is 1.53. The first-order chi connectivity index (χ1) is 14.6. The van der Waals surface area contributed by atoms with Crippen molar-refractivity contribution in [2.45, 2.75) is 19.4 Å². The first-order valence-electron chi connectivity index (χ1n) is 9.78. The topological polar surface area (TPSA) is 78.5 Å². The molecular weight excluding hydrogens is 387 g/mol. The highest BCUT2D eigenvalue weighted by Gasteiger charge is 2.31. The lowest BCUT2D eigenvalue weighted by Crippen LogP contribution is -2.13. The van der Waals surface area contributed by atoms with Crippen LogP contribution >= 0.6 is 0 Å². The molecule has 30 heavy (non-hydrogen) atoms. The van der Waals surface area contributed by atoms with E-state index in [1.54, 1.807) is 12.4 Å². The summed E-state index contributed by atoms with van der Waals surface area (Å²) in [6.07, 6.45) is 3.45. The maximum atomic E-state index is 14.7. The molecule has 152 valence electrons. The molecule has 0 bridgehead atoms. The molecule has 3 aromatic heterocycles. The lowest BCUT2D eigenvalue weighted by molar-refractivity contribution is 0.249. The van der Waals surface area contributed by atoms with Gasteiger partial charge in [0.1, 0.15) is 17.9 Å². The van der Waals surface area contributed by atoms with Gasteiger partial charge in [-0.25, -0.2) is 4.39 Å². The molecule has 0 spiro atoms. The van der Waals surface area contributed by atoms with E-state index in [2.05, 4.69) is 20.6 Å². The molecule has 4 aromatic rings. The van der Waals surface area contributed by atoms with Crippen LogP contribution in [0.25, 0.3) is 16.8 Å². The van der Waals surface area contributed by atoms with Crippen LogP contribution in [0.3, 0.4) is 0 Å². The summed E-state index contributed by atoms with van der Waals surface area (Å²) in [5.41, 5.74) is 5.03. The van der Waals surface area contributed by atoms with Crippen molar-refractivity contribution in [3.63, 3.8) is 0 Å². The minimum atomic E-state index is -0.247. The monoisotopic (exact) mass is 406 g/mol. The second-order valence-electron chi connectivity index (χ2n) is 7.67. The molecule has 0 fully saturated rings. The van der Waals surface area contributed by atoms with Gasteiger partial charge in [0.15, 0.2) is 17.2 Å². The third kappa shape index (κ3) is 2.35. The van der Waals surface area contributed by atoms with Crippen molar-refractivity contribution in [3.05, 3.63) is 53.4 Å². The Hall–Kier alpha value is -3.62. The van der Waals surface area contributed by atoms with Crippen LogP contribution in [0, 0.1) is 12.7 Å². The Kier molecular flexibility index (Phi) is 3.56. The zero-order valence-electron chi connectivity index (χ0n) is 16.5. The van der Waals surface area contributed by atoms with Crippen molar-refractivity contribution in [2.75, 3.05) is 18.5 Å². The molecule has 0 amide bonds. The Morgan fingerprint density at radius 2 is 2.00 bits per heavy atom. The Morgan fingerprint density at radius 3 is 2.80 bits per heavy atom. The van der Waals surface area contributed by atoms with Gasteiger partial charge in [-0.15, -0.1) is 10.2 Å². The normalized spacial score (nSPS) is 17.2. The largest absolute Gasteiger partial charge is 0.493 e. The molecule has 1 atom stereocenters. The number of anilines is 1. The third-order valence-electron chi connectivity index (χ3n) is 6.04. The summed E-state index contributed by atoms with van der Waals surface area (Å²) < 4.78 is 30.4. The maximum Gasteiger partial charge on any atom is 0.170 e. The number of aryl methyl sites for hydroxylation is 1. The van der Waals surface area contributed by atoms with E-state index in [9.17, 15) is 4.39 Å². The average Bonchev–Trinajstić information content (AvgIpc) is 3.46. The maximum absolute atomic E-state index is 14.7. The van der Waals surface area contributed by atoms with Crippen molar-refractivity contribution >= 4 is 11.5 Å². The van der Waals surface area contributed by atoms with Crippen molar-refractivity contribution in [3.8, 4) is 22.6 Å².